The molecule has 1 atom stereocenters. The summed E-state index contributed by atoms with van der Waals surface area (Å²) in [5.74, 6) is 0.889. The van der Waals surface area contributed by atoms with Gasteiger partial charge in [-0.1, -0.05) is 25.8 Å². The molecule has 4 heteroatoms. The van der Waals surface area contributed by atoms with Gasteiger partial charge in [-0.25, -0.2) is 0 Å². The SMILES string of the molecule is CCCC[C@H]1Cc2cc(OC)ccc2C(c2ccc3[nH]c(=O)ccc3c2)=N1. The summed E-state index contributed by atoms with van der Waals surface area (Å²) in [6.07, 6.45) is 4.41. The Morgan fingerprint density at radius 1 is 1.15 bits per heavy atom. The van der Waals surface area contributed by atoms with Crippen LogP contribution in [0.1, 0.15) is 42.9 Å². The highest BCUT2D eigenvalue weighted by atomic mass is 16.5. The second-order valence-electron chi connectivity index (χ2n) is 7.13. The summed E-state index contributed by atoms with van der Waals surface area (Å²) in [7, 11) is 1.71. The van der Waals surface area contributed by atoms with Crippen molar-refractivity contribution in [1.29, 1.82) is 0 Å². The van der Waals surface area contributed by atoms with Crippen LogP contribution in [0.2, 0.25) is 0 Å². The minimum absolute atomic E-state index is 0.0812. The molecule has 1 aliphatic rings. The molecule has 0 amide bonds. The van der Waals surface area contributed by atoms with E-state index in [2.05, 4.69) is 30.1 Å². The third-order valence-electron chi connectivity index (χ3n) is 5.22. The highest BCUT2D eigenvalue weighted by Crippen LogP contribution is 2.29. The average molecular weight is 360 g/mol. The Morgan fingerprint density at radius 2 is 2.04 bits per heavy atom. The highest BCUT2D eigenvalue weighted by Gasteiger charge is 2.22. The number of methoxy groups -OCH3 is 1. The first kappa shape index (κ1) is 17.5. The second-order valence-corrected chi connectivity index (χ2v) is 7.13. The molecular formula is C23H24N2O2. The molecule has 0 bridgehead atoms. The number of aromatic nitrogens is 1. The zero-order chi connectivity index (χ0) is 18.8. The number of unbranched alkanes of at least 4 members (excludes halogenated alkanes) is 1. The summed E-state index contributed by atoms with van der Waals surface area (Å²) < 4.78 is 5.43. The number of nitrogens with zero attached hydrogens (tertiary/aromatic N) is 1. The van der Waals surface area contributed by atoms with Gasteiger partial charge in [-0.2, -0.15) is 0 Å². The van der Waals surface area contributed by atoms with Gasteiger partial charge < -0.3 is 9.72 Å². The normalized spacial score (nSPS) is 16.1. The third-order valence-corrected chi connectivity index (χ3v) is 5.22. The monoisotopic (exact) mass is 360 g/mol. The van der Waals surface area contributed by atoms with E-state index in [1.165, 1.54) is 24.0 Å². The fourth-order valence-corrected chi connectivity index (χ4v) is 3.79. The summed E-state index contributed by atoms with van der Waals surface area (Å²) >= 11 is 0. The molecule has 0 saturated carbocycles. The van der Waals surface area contributed by atoms with Crippen LogP contribution in [0.4, 0.5) is 0 Å². The first-order valence-corrected chi connectivity index (χ1v) is 9.56. The van der Waals surface area contributed by atoms with E-state index in [-0.39, 0.29) is 5.56 Å². The molecular weight excluding hydrogens is 336 g/mol. The predicted octanol–water partition coefficient (Wildman–Crippen LogP) is 4.49. The molecule has 2 heterocycles. The molecule has 4 rings (SSSR count). The number of pyridine rings is 1. The van der Waals surface area contributed by atoms with E-state index in [9.17, 15) is 4.79 Å². The van der Waals surface area contributed by atoms with Gasteiger partial charge in [0.05, 0.1) is 18.9 Å². The van der Waals surface area contributed by atoms with Crippen molar-refractivity contribution in [2.75, 3.05) is 7.11 Å². The summed E-state index contributed by atoms with van der Waals surface area (Å²) in [4.78, 5) is 19.5. The average Bonchev–Trinajstić information content (AvgIpc) is 2.70. The number of H-pyrrole nitrogens is 1. The highest BCUT2D eigenvalue weighted by molar-refractivity contribution is 6.15. The zero-order valence-electron chi connectivity index (χ0n) is 15.8. The van der Waals surface area contributed by atoms with Crippen LogP contribution in [0.25, 0.3) is 10.9 Å². The van der Waals surface area contributed by atoms with Crippen molar-refractivity contribution >= 4 is 16.6 Å². The lowest BCUT2D eigenvalue weighted by molar-refractivity contribution is 0.414. The van der Waals surface area contributed by atoms with E-state index in [1.807, 2.05) is 24.3 Å². The number of ether oxygens (including phenoxy) is 1. The fraction of sp³-hybridized carbons (Fsp3) is 0.304. The van der Waals surface area contributed by atoms with Crippen LogP contribution >= 0.6 is 0 Å². The maximum atomic E-state index is 11.5. The number of hydrogen-bond donors (Lipinski definition) is 1. The van der Waals surface area contributed by atoms with Crippen LogP contribution < -0.4 is 10.3 Å². The Kier molecular flexibility index (Phi) is 4.80. The summed E-state index contributed by atoms with van der Waals surface area (Å²) in [6, 6.07) is 16.1. The zero-order valence-corrected chi connectivity index (χ0v) is 15.8. The van der Waals surface area contributed by atoms with Crippen LogP contribution in [0.3, 0.4) is 0 Å². The van der Waals surface area contributed by atoms with Crippen molar-refractivity contribution < 1.29 is 4.74 Å². The van der Waals surface area contributed by atoms with E-state index in [4.69, 9.17) is 9.73 Å². The minimum atomic E-state index is -0.0812. The van der Waals surface area contributed by atoms with Crippen molar-refractivity contribution in [3.63, 3.8) is 0 Å². The predicted molar refractivity (Wildman–Crippen MR) is 110 cm³/mol. The van der Waals surface area contributed by atoms with Gasteiger partial charge in [0, 0.05) is 22.7 Å². The summed E-state index contributed by atoms with van der Waals surface area (Å²) in [5, 5.41) is 1.01. The maximum absolute atomic E-state index is 11.5. The standard InChI is InChI=1S/C23H24N2O2/c1-3-4-5-18-13-17-14-19(27-2)8-9-20(17)23(24-18)16-6-10-21-15(12-16)7-11-22(26)25-21/h6-12,14,18H,3-5,13H2,1-2H3,(H,25,26)/t18-/m0/s1. The van der Waals surface area contributed by atoms with E-state index in [0.29, 0.717) is 6.04 Å². The van der Waals surface area contributed by atoms with E-state index in [1.54, 1.807) is 13.2 Å². The molecule has 1 aliphatic heterocycles. The quantitative estimate of drug-likeness (QED) is 0.729. The number of rotatable bonds is 5. The van der Waals surface area contributed by atoms with Crippen molar-refractivity contribution in [2.45, 2.75) is 38.6 Å². The Labute approximate surface area is 158 Å². The number of nitrogens with one attached hydrogen (secondary N) is 1. The number of benzene rings is 2. The Balaban J connectivity index is 1.81. The Hall–Kier alpha value is -2.88. The maximum Gasteiger partial charge on any atom is 0.248 e. The minimum Gasteiger partial charge on any atom is -0.497 e. The van der Waals surface area contributed by atoms with Gasteiger partial charge in [0.2, 0.25) is 5.56 Å². The number of hydrogen-bond acceptors (Lipinski definition) is 3. The Morgan fingerprint density at radius 3 is 2.85 bits per heavy atom. The largest absolute Gasteiger partial charge is 0.497 e. The number of aliphatic imine (C=N–C) groups is 1. The summed E-state index contributed by atoms with van der Waals surface area (Å²) in [6.45, 7) is 2.22. The van der Waals surface area contributed by atoms with Gasteiger partial charge in [-0.3, -0.25) is 9.79 Å². The molecule has 27 heavy (non-hydrogen) atoms. The molecule has 3 aromatic rings. The van der Waals surface area contributed by atoms with E-state index < -0.39 is 0 Å². The lowest BCUT2D eigenvalue weighted by atomic mass is 9.88. The smallest absolute Gasteiger partial charge is 0.248 e. The fourth-order valence-electron chi connectivity index (χ4n) is 3.79. The lowest BCUT2D eigenvalue weighted by Crippen LogP contribution is -2.22. The van der Waals surface area contributed by atoms with Crippen molar-refractivity contribution in [1.82, 2.24) is 4.98 Å². The lowest BCUT2D eigenvalue weighted by Gasteiger charge is -2.24. The molecule has 0 unspecified atom stereocenters. The molecule has 1 aromatic heterocycles. The topological polar surface area (TPSA) is 54.5 Å². The molecule has 0 aliphatic carbocycles. The van der Waals surface area contributed by atoms with Gasteiger partial charge in [-0.05, 0) is 60.2 Å². The molecule has 138 valence electrons. The third kappa shape index (κ3) is 3.52. The van der Waals surface area contributed by atoms with Crippen molar-refractivity contribution in [2.24, 2.45) is 4.99 Å². The molecule has 0 saturated heterocycles. The van der Waals surface area contributed by atoms with Crippen LogP contribution in [0, 0.1) is 0 Å². The van der Waals surface area contributed by atoms with Crippen LogP contribution in [0.15, 0.2) is 58.3 Å². The second kappa shape index (κ2) is 7.39. The molecule has 0 fully saturated rings. The van der Waals surface area contributed by atoms with Gasteiger partial charge >= 0.3 is 0 Å². The molecule has 4 nitrogen and oxygen atoms in total. The number of fused-ring (bicyclic) bond motifs is 2. The van der Waals surface area contributed by atoms with Crippen LogP contribution in [-0.4, -0.2) is 23.8 Å². The van der Waals surface area contributed by atoms with Crippen LogP contribution in [0.5, 0.6) is 5.75 Å². The van der Waals surface area contributed by atoms with Crippen molar-refractivity contribution in [3.05, 3.63) is 75.6 Å². The van der Waals surface area contributed by atoms with Crippen molar-refractivity contribution in [3.8, 4) is 5.75 Å². The van der Waals surface area contributed by atoms with Gasteiger partial charge in [-0.15, -0.1) is 0 Å². The molecule has 1 N–H and O–H groups in total. The summed E-state index contributed by atoms with van der Waals surface area (Å²) in [5.41, 5.74) is 5.35. The molecule has 0 spiro atoms. The van der Waals surface area contributed by atoms with Gasteiger partial charge in [0.15, 0.2) is 0 Å². The van der Waals surface area contributed by atoms with E-state index in [0.717, 1.165) is 40.8 Å². The molecule has 2 aromatic carbocycles. The molecule has 0 radical (unpaired) electrons. The Bertz CT molecular complexity index is 1070. The van der Waals surface area contributed by atoms with E-state index >= 15 is 0 Å². The van der Waals surface area contributed by atoms with Gasteiger partial charge in [0.1, 0.15) is 5.75 Å². The first-order valence-electron chi connectivity index (χ1n) is 9.56. The first-order chi connectivity index (χ1) is 13.2. The van der Waals surface area contributed by atoms with Crippen LogP contribution in [-0.2, 0) is 6.42 Å². The number of aromatic amines is 1. The van der Waals surface area contributed by atoms with Gasteiger partial charge in [0.25, 0.3) is 0 Å².